The second kappa shape index (κ2) is 1.77. The third kappa shape index (κ3) is 1.18. The standard InChI is InChI=1S/C3H6ClO2P/c1-2-3(6-2)7(4)5/h2-3,7H,1H3. The SMILES string of the molecule is CC1OC1[PH](=O)Cl. The van der Waals surface area contributed by atoms with Crippen molar-refractivity contribution in [3.63, 3.8) is 0 Å². The fourth-order valence-electron chi connectivity index (χ4n) is 0.424. The van der Waals surface area contributed by atoms with Gasteiger partial charge >= 0.3 is 0 Å². The van der Waals surface area contributed by atoms with Crippen molar-refractivity contribution in [1.82, 2.24) is 0 Å². The molecule has 0 aliphatic carbocycles. The molecule has 1 heterocycles. The first-order valence-corrected chi connectivity index (χ1v) is 4.56. The van der Waals surface area contributed by atoms with E-state index >= 15 is 0 Å². The maximum Gasteiger partial charge on any atom is 0.188 e. The normalized spacial score (nSPS) is 43.1. The first kappa shape index (κ1) is 5.61. The Labute approximate surface area is 47.4 Å². The summed E-state index contributed by atoms with van der Waals surface area (Å²) in [5.41, 5.74) is 0. The van der Waals surface area contributed by atoms with Crippen LogP contribution in [0.5, 0.6) is 0 Å². The second-order valence-corrected chi connectivity index (χ2v) is 3.86. The van der Waals surface area contributed by atoms with Crippen LogP contribution in [0, 0.1) is 0 Å². The third-order valence-electron chi connectivity index (χ3n) is 0.935. The molecule has 0 aromatic heterocycles. The van der Waals surface area contributed by atoms with E-state index < -0.39 is 7.15 Å². The highest BCUT2D eigenvalue weighted by Gasteiger charge is 2.38. The third-order valence-corrected chi connectivity index (χ3v) is 2.63. The average Bonchev–Trinajstić information content (AvgIpc) is 2.17. The first-order valence-electron chi connectivity index (χ1n) is 2.06. The predicted molar refractivity (Wildman–Crippen MR) is 29.2 cm³/mol. The molecule has 1 saturated heterocycles. The van der Waals surface area contributed by atoms with E-state index in [1.165, 1.54) is 0 Å². The Balaban J connectivity index is 2.33. The highest BCUT2D eigenvalue weighted by molar-refractivity contribution is 7.74. The van der Waals surface area contributed by atoms with Crippen LogP contribution in [0.4, 0.5) is 0 Å². The lowest BCUT2D eigenvalue weighted by Crippen LogP contribution is -1.74. The Morgan fingerprint density at radius 2 is 2.29 bits per heavy atom. The zero-order chi connectivity index (χ0) is 5.44. The molecule has 0 aromatic carbocycles. The molecule has 0 spiro atoms. The fraction of sp³-hybridized carbons (Fsp3) is 1.00. The van der Waals surface area contributed by atoms with Crippen molar-refractivity contribution in [2.75, 3.05) is 0 Å². The van der Waals surface area contributed by atoms with Gasteiger partial charge in [0, 0.05) is 0 Å². The minimum atomic E-state index is -1.89. The second-order valence-electron chi connectivity index (χ2n) is 1.57. The highest BCUT2D eigenvalue weighted by Crippen LogP contribution is 2.46. The van der Waals surface area contributed by atoms with Gasteiger partial charge in [-0.3, -0.25) is 0 Å². The van der Waals surface area contributed by atoms with Crippen molar-refractivity contribution in [2.45, 2.75) is 18.9 Å². The zero-order valence-electron chi connectivity index (χ0n) is 3.85. The van der Waals surface area contributed by atoms with Gasteiger partial charge in [0.15, 0.2) is 7.15 Å². The number of rotatable bonds is 1. The summed E-state index contributed by atoms with van der Waals surface area (Å²) >= 11 is 5.19. The van der Waals surface area contributed by atoms with E-state index in [2.05, 4.69) is 0 Å². The molecule has 1 fully saturated rings. The van der Waals surface area contributed by atoms with Gasteiger partial charge < -0.3 is 9.30 Å². The van der Waals surface area contributed by atoms with E-state index in [0.717, 1.165) is 0 Å². The Kier molecular flexibility index (Phi) is 1.42. The Morgan fingerprint density at radius 1 is 1.86 bits per heavy atom. The van der Waals surface area contributed by atoms with Crippen molar-refractivity contribution < 1.29 is 9.30 Å². The van der Waals surface area contributed by atoms with Crippen LogP contribution in [0.15, 0.2) is 0 Å². The van der Waals surface area contributed by atoms with Gasteiger partial charge in [-0.05, 0) is 6.92 Å². The lowest BCUT2D eigenvalue weighted by Gasteiger charge is -1.74. The highest BCUT2D eigenvalue weighted by atomic mass is 35.7. The summed E-state index contributed by atoms with van der Waals surface area (Å²) in [7, 11) is -1.89. The molecule has 2 nitrogen and oxygen atoms in total. The molecule has 42 valence electrons. The van der Waals surface area contributed by atoms with E-state index in [1.807, 2.05) is 6.92 Å². The van der Waals surface area contributed by atoms with Crippen LogP contribution in [-0.2, 0) is 9.30 Å². The zero-order valence-corrected chi connectivity index (χ0v) is 5.61. The number of epoxide rings is 1. The first-order chi connectivity index (χ1) is 3.22. The summed E-state index contributed by atoms with van der Waals surface area (Å²) in [6, 6.07) is 0. The van der Waals surface area contributed by atoms with Gasteiger partial charge in [0.1, 0.15) is 5.85 Å². The molecule has 0 bridgehead atoms. The van der Waals surface area contributed by atoms with Gasteiger partial charge in [0.25, 0.3) is 0 Å². The van der Waals surface area contributed by atoms with Crippen LogP contribution in [0.2, 0.25) is 0 Å². The summed E-state index contributed by atoms with van der Waals surface area (Å²) in [4.78, 5) is 0. The van der Waals surface area contributed by atoms with Gasteiger partial charge in [-0.15, -0.1) is 0 Å². The summed E-state index contributed by atoms with van der Waals surface area (Å²) in [6.45, 7) is 1.86. The molecular weight excluding hydrogens is 134 g/mol. The number of ether oxygens (including phenoxy) is 1. The Hall–Kier alpha value is 0.480. The lowest BCUT2D eigenvalue weighted by atomic mass is 10.6. The Bertz CT molecular complexity index is 105. The summed E-state index contributed by atoms with van der Waals surface area (Å²) in [5.74, 6) is -0.119. The van der Waals surface area contributed by atoms with E-state index in [0.29, 0.717) is 0 Å². The minimum Gasteiger partial charge on any atom is -0.361 e. The smallest absolute Gasteiger partial charge is 0.188 e. The molecule has 0 N–H and O–H groups in total. The molecule has 7 heavy (non-hydrogen) atoms. The molecule has 0 amide bonds. The number of hydrogen-bond donors (Lipinski definition) is 0. The Morgan fingerprint density at radius 3 is 2.29 bits per heavy atom. The van der Waals surface area contributed by atoms with Gasteiger partial charge in [-0.25, -0.2) is 0 Å². The topological polar surface area (TPSA) is 29.6 Å². The number of hydrogen-bond acceptors (Lipinski definition) is 2. The fourth-order valence-corrected chi connectivity index (χ4v) is 1.80. The molecule has 0 radical (unpaired) electrons. The molecule has 3 atom stereocenters. The minimum absolute atomic E-state index is 0.119. The molecule has 0 saturated carbocycles. The molecule has 1 aliphatic rings. The van der Waals surface area contributed by atoms with Crippen molar-refractivity contribution in [2.24, 2.45) is 0 Å². The van der Waals surface area contributed by atoms with Crippen LogP contribution in [0.1, 0.15) is 6.92 Å². The van der Waals surface area contributed by atoms with Crippen LogP contribution in [0.3, 0.4) is 0 Å². The van der Waals surface area contributed by atoms with E-state index in [4.69, 9.17) is 16.0 Å². The van der Waals surface area contributed by atoms with Crippen LogP contribution >= 0.6 is 18.4 Å². The van der Waals surface area contributed by atoms with Crippen molar-refractivity contribution in [1.29, 1.82) is 0 Å². The average molecular weight is 141 g/mol. The maximum atomic E-state index is 10.2. The monoisotopic (exact) mass is 140 g/mol. The van der Waals surface area contributed by atoms with E-state index in [9.17, 15) is 4.57 Å². The van der Waals surface area contributed by atoms with E-state index in [1.54, 1.807) is 0 Å². The van der Waals surface area contributed by atoms with Gasteiger partial charge in [0.05, 0.1) is 6.10 Å². The van der Waals surface area contributed by atoms with Crippen molar-refractivity contribution >= 4 is 18.4 Å². The number of halogens is 1. The van der Waals surface area contributed by atoms with Gasteiger partial charge in [0.2, 0.25) is 0 Å². The molecule has 3 unspecified atom stereocenters. The molecule has 4 heteroatoms. The van der Waals surface area contributed by atoms with Crippen molar-refractivity contribution in [3.8, 4) is 0 Å². The van der Waals surface area contributed by atoms with Crippen LogP contribution in [0.25, 0.3) is 0 Å². The van der Waals surface area contributed by atoms with Gasteiger partial charge in [-0.1, -0.05) is 11.2 Å². The van der Waals surface area contributed by atoms with E-state index in [-0.39, 0.29) is 11.9 Å². The largest absolute Gasteiger partial charge is 0.361 e. The van der Waals surface area contributed by atoms with Crippen LogP contribution in [-0.4, -0.2) is 11.9 Å². The summed E-state index contributed by atoms with van der Waals surface area (Å²) in [5, 5.41) is 0. The summed E-state index contributed by atoms with van der Waals surface area (Å²) < 4.78 is 15.0. The molecule has 1 rings (SSSR count). The lowest BCUT2D eigenvalue weighted by molar-refractivity contribution is 0.409. The van der Waals surface area contributed by atoms with Crippen molar-refractivity contribution in [3.05, 3.63) is 0 Å². The maximum absolute atomic E-state index is 10.2. The predicted octanol–water partition coefficient (Wildman–Crippen LogP) is 1.44. The summed E-state index contributed by atoms with van der Waals surface area (Å²) in [6.07, 6.45) is 0.142. The quantitative estimate of drug-likeness (QED) is 0.408. The van der Waals surface area contributed by atoms with Crippen LogP contribution < -0.4 is 0 Å². The molecular formula is C3H6ClO2P. The molecule has 1 aliphatic heterocycles. The van der Waals surface area contributed by atoms with Gasteiger partial charge in [-0.2, -0.15) is 0 Å². The molecule has 0 aromatic rings.